The summed E-state index contributed by atoms with van der Waals surface area (Å²) in [7, 11) is 0. The first-order valence-corrected chi connectivity index (χ1v) is 5.95. The van der Waals surface area contributed by atoms with Gasteiger partial charge < -0.3 is 5.32 Å². The average molecular weight is 203 g/mol. The molecule has 0 unspecified atom stereocenters. The van der Waals surface area contributed by atoms with E-state index in [4.69, 9.17) is 4.98 Å². The van der Waals surface area contributed by atoms with Crippen LogP contribution in [0.4, 0.5) is 0 Å². The summed E-state index contributed by atoms with van der Waals surface area (Å²) >= 11 is 0. The Kier molecular flexibility index (Phi) is 2.20. The van der Waals surface area contributed by atoms with Gasteiger partial charge in [0.15, 0.2) is 0 Å². The zero-order valence-corrected chi connectivity index (χ0v) is 9.21. The minimum absolute atomic E-state index is 0.877. The quantitative estimate of drug-likeness (QED) is 0.810. The number of hydrogen-bond donors (Lipinski definition) is 1. The van der Waals surface area contributed by atoms with Crippen LogP contribution in [0.5, 0.6) is 0 Å². The predicted molar refractivity (Wildman–Crippen MR) is 58.4 cm³/mol. The van der Waals surface area contributed by atoms with Crippen LogP contribution in [0.15, 0.2) is 0 Å². The highest BCUT2D eigenvalue weighted by Crippen LogP contribution is 2.32. The van der Waals surface area contributed by atoms with Crippen LogP contribution >= 0.6 is 0 Å². The third-order valence-electron chi connectivity index (χ3n) is 3.32. The van der Waals surface area contributed by atoms with Gasteiger partial charge in [-0.05, 0) is 25.2 Å². The van der Waals surface area contributed by atoms with Crippen molar-refractivity contribution in [3.05, 3.63) is 22.8 Å². The van der Waals surface area contributed by atoms with Gasteiger partial charge in [0.1, 0.15) is 5.82 Å². The van der Waals surface area contributed by atoms with E-state index in [0.29, 0.717) is 0 Å². The molecule has 0 atom stereocenters. The van der Waals surface area contributed by atoms with Crippen molar-refractivity contribution < 1.29 is 0 Å². The number of nitrogens with one attached hydrogen (secondary N) is 1. The lowest BCUT2D eigenvalue weighted by atomic mass is 10.1. The fraction of sp³-hybridized carbons (Fsp3) is 0.667. The molecule has 1 fully saturated rings. The minimum Gasteiger partial charge on any atom is -0.307 e. The first kappa shape index (κ1) is 9.28. The summed E-state index contributed by atoms with van der Waals surface area (Å²) in [6.45, 7) is 4.08. The molecule has 0 spiro atoms. The van der Waals surface area contributed by atoms with E-state index in [1.165, 1.54) is 29.8 Å². The van der Waals surface area contributed by atoms with E-state index in [9.17, 15) is 0 Å². The van der Waals surface area contributed by atoms with Crippen LogP contribution in [-0.2, 0) is 25.9 Å². The van der Waals surface area contributed by atoms with Gasteiger partial charge >= 0.3 is 0 Å². The van der Waals surface area contributed by atoms with Gasteiger partial charge in [-0.1, -0.05) is 6.92 Å². The van der Waals surface area contributed by atoms with E-state index in [1.54, 1.807) is 0 Å². The molecule has 0 radical (unpaired) electrons. The second kappa shape index (κ2) is 3.56. The Morgan fingerprint density at radius 2 is 2.13 bits per heavy atom. The summed E-state index contributed by atoms with van der Waals surface area (Å²) in [4.78, 5) is 9.36. The van der Waals surface area contributed by atoms with Crippen molar-refractivity contribution in [2.75, 3.05) is 0 Å². The van der Waals surface area contributed by atoms with Crippen molar-refractivity contribution in [3.8, 4) is 0 Å². The van der Waals surface area contributed by atoms with Crippen LogP contribution in [0.25, 0.3) is 0 Å². The van der Waals surface area contributed by atoms with E-state index >= 15 is 0 Å². The molecule has 0 saturated heterocycles. The monoisotopic (exact) mass is 203 g/mol. The molecule has 0 bridgehead atoms. The lowest BCUT2D eigenvalue weighted by molar-refractivity contribution is 0.739. The first-order chi connectivity index (χ1) is 7.36. The van der Waals surface area contributed by atoms with Gasteiger partial charge in [0, 0.05) is 30.8 Å². The maximum atomic E-state index is 4.69. The molecule has 0 aromatic carbocycles. The van der Waals surface area contributed by atoms with Crippen molar-refractivity contribution in [1.82, 2.24) is 15.3 Å². The average Bonchev–Trinajstić information content (AvgIpc) is 2.93. The normalized spacial score (nSPS) is 19.3. The highest BCUT2D eigenvalue weighted by atomic mass is 15.0. The van der Waals surface area contributed by atoms with Crippen molar-refractivity contribution in [2.45, 2.75) is 45.7 Å². The SMILES string of the molecule is CCc1nc(CC2CC2)nc2c1CNC2. The van der Waals surface area contributed by atoms with E-state index in [0.717, 1.165) is 37.7 Å². The fourth-order valence-corrected chi connectivity index (χ4v) is 2.26. The van der Waals surface area contributed by atoms with Crippen LogP contribution < -0.4 is 5.32 Å². The number of rotatable bonds is 3. The van der Waals surface area contributed by atoms with Crippen molar-refractivity contribution >= 4 is 0 Å². The third-order valence-corrected chi connectivity index (χ3v) is 3.32. The van der Waals surface area contributed by atoms with Crippen molar-refractivity contribution in [3.63, 3.8) is 0 Å². The molecular weight excluding hydrogens is 186 g/mol. The number of fused-ring (bicyclic) bond motifs is 1. The Bertz CT molecular complexity index is 383. The van der Waals surface area contributed by atoms with E-state index in [2.05, 4.69) is 17.2 Å². The molecule has 3 heteroatoms. The molecule has 1 aliphatic carbocycles. The van der Waals surface area contributed by atoms with Gasteiger partial charge in [-0.2, -0.15) is 0 Å². The summed E-state index contributed by atoms with van der Waals surface area (Å²) in [6.07, 6.45) is 4.88. The summed E-state index contributed by atoms with van der Waals surface area (Å²) in [5.74, 6) is 1.96. The molecule has 1 N–H and O–H groups in total. The Balaban J connectivity index is 1.94. The standard InChI is InChI=1S/C12H17N3/c1-2-10-9-6-13-7-11(9)15-12(14-10)5-8-3-4-8/h8,13H,2-7H2,1H3. The molecule has 3 nitrogen and oxygen atoms in total. The van der Waals surface area contributed by atoms with E-state index in [-0.39, 0.29) is 0 Å². The van der Waals surface area contributed by atoms with Gasteiger partial charge in [0.05, 0.1) is 5.69 Å². The Morgan fingerprint density at radius 1 is 1.27 bits per heavy atom. The maximum absolute atomic E-state index is 4.69. The van der Waals surface area contributed by atoms with E-state index < -0.39 is 0 Å². The zero-order valence-electron chi connectivity index (χ0n) is 9.21. The Labute approximate surface area is 90.3 Å². The molecular formula is C12H17N3. The van der Waals surface area contributed by atoms with Crippen LogP contribution in [0, 0.1) is 5.92 Å². The molecule has 1 aliphatic heterocycles. The van der Waals surface area contributed by atoms with E-state index in [1.807, 2.05) is 0 Å². The summed E-state index contributed by atoms with van der Waals surface area (Å²) in [5, 5.41) is 3.36. The van der Waals surface area contributed by atoms with Gasteiger partial charge in [-0.15, -0.1) is 0 Å². The predicted octanol–water partition coefficient (Wildman–Crippen LogP) is 1.59. The number of aryl methyl sites for hydroxylation is 1. The molecule has 3 rings (SSSR count). The van der Waals surface area contributed by atoms with Crippen LogP contribution in [0.3, 0.4) is 0 Å². The lowest BCUT2D eigenvalue weighted by Crippen LogP contribution is -2.06. The molecule has 0 amide bonds. The number of nitrogens with zero attached hydrogens (tertiary/aromatic N) is 2. The zero-order chi connectivity index (χ0) is 10.3. The van der Waals surface area contributed by atoms with Crippen molar-refractivity contribution in [1.29, 1.82) is 0 Å². The molecule has 15 heavy (non-hydrogen) atoms. The fourth-order valence-electron chi connectivity index (χ4n) is 2.26. The molecule has 1 saturated carbocycles. The molecule has 1 aromatic rings. The highest BCUT2D eigenvalue weighted by molar-refractivity contribution is 5.29. The van der Waals surface area contributed by atoms with Gasteiger partial charge in [0.25, 0.3) is 0 Å². The Morgan fingerprint density at radius 3 is 2.87 bits per heavy atom. The number of aromatic nitrogens is 2. The second-order valence-corrected chi connectivity index (χ2v) is 4.62. The molecule has 2 heterocycles. The highest BCUT2D eigenvalue weighted by Gasteiger charge is 2.24. The molecule has 80 valence electrons. The largest absolute Gasteiger partial charge is 0.307 e. The first-order valence-electron chi connectivity index (χ1n) is 5.95. The maximum Gasteiger partial charge on any atom is 0.129 e. The summed E-state index contributed by atoms with van der Waals surface area (Å²) in [6, 6.07) is 0. The van der Waals surface area contributed by atoms with Gasteiger partial charge in [-0.25, -0.2) is 9.97 Å². The van der Waals surface area contributed by atoms with Crippen LogP contribution in [-0.4, -0.2) is 9.97 Å². The second-order valence-electron chi connectivity index (χ2n) is 4.62. The van der Waals surface area contributed by atoms with Crippen molar-refractivity contribution in [2.24, 2.45) is 5.92 Å². The molecule has 2 aliphatic rings. The summed E-state index contributed by atoms with van der Waals surface area (Å²) < 4.78 is 0. The topological polar surface area (TPSA) is 37.8 Å². The number of hydrogen-bond acceptors (Lipinski definition) is 3. The molecule has 1 aromatic heterocycles. The van der Waals surface area contributed by atoms with Gasteiger partial charge in [0.2, 0.25) is 0 Å². The van der Waals surface area contributed by atoms with Gasteiger partial charge in [-0.3, -0.25) is 0 Å². The van der Waals surface area contributed by atoms with Crippen LogP contribution in [0.2, 0.25) is 0 Å². The Hall–Kier alpha value is -0.960. The lowest BCUT2D eigenvalue weighted by Gasteiger charge is -2.07. The minimum atomic E-state index is 0.877. The smallest absolute Gasteiger partial charge is 0.129 e. The third kappa shape index (κ3) is 1.76. The van der Waals surface area contributed by atoms with Crippen LogP contribution in [0.1, 0.15) is 42.5 Å². The summed E-state index contributed by atoms with van der Waals surface area (Å²) in [5.41, 5.74) is 3.87.